The maximum Gasteiger partial charge on any atom is 0.266 e. The van der Waals surface area contributed by atoms with Gasteiger partial charge in [0, 0.05) is 17.4 Å². The van der Waals surface area contributed by atoms with Crippen molar-refractivity contribution in [1.29, 1.82) is 0 Å². The van der Waals surface area contributed by atoms with Crippen LogP contribution in [-0.4, -0.2) is 27.6 Å². The summed E-state index contributed by atoms with van der Waals surface area (Å²) in [6, 6.07) is 2.01. The van der Waals surface area contributed by atoms with Crippen LogP contribution < -0.4 is 5.11 Å². The second-order valence-electron chi connectivity index (χ2n) is 4.63. The molecule has 0 spiro atoms. The predicted octanol–water partition coefficient (Wildman–Crippen LogP) is 2.18. The average molecular weight is 340 g/mol. The fraction of sp³-hybridized carbons (Fsp3) is 0.357. The average Bonchev–Trinajstić information content (AvgIpc) is 2.92. The van der Waals surface area contributed by atoms with E-state index in [1.807, 2.05) is 24.4 Å². The van der Waals surface area contributed by atoms with E-state index in [1.54, 1.807) is 16.2 Å². The van der Waals surface area contributed by atoms with Gasteiger partial charge < -0.3 is 9.90 Å². The minimum atomic E-state index is -1.06. The number of rotatable bonds is 6. The van der Waals surface area contributed by atoms with E-state index in [2.05, 4.69) is 0 Å². The van der Waals surface area contributed by atoms with E-state index in [0.29, 0.717) is 28.6 Å². The van der Waals surface area contributed by atoms with Gasteiger partial charge in [0.1, 0.15) is 4.32 Å². The Bertz CT molecular complexity index is 606. The molecule has 1 aliphatic rings. The van der Waals surface area contributed by atoms with Crippen LogP contribution in [0.3, 0.4) is 0 Å². The fourth-order valence-corrected chi connectivity index (χ4v) is 4.11. The van der Waals surface area contributed by atoms with Crippen molar-refractivity contribution in [2.24, 2.45) is 0 Å². The molecule has 7 heteroatoms. The highest BCUT2D eigenvalue weighted by molar-refractivity contribution is 8.26. The van der Waals surface area contributed by atoms with Crippen LogP contribution in [0.15, 0.2) is 16.4 Å². The minimum absolute atomic E-state index is 0.0129. The summed E-state index contributed by atoms with van der Waals surface area (Å²) < 4.78 is 0.536. The van der Waals surface area contributed by atoms with Gasteiger partial charge in [0.25, 0.3) is 5.91 Å². The number of amides is 1. The lowest BCUT2D eigenvalue weighted by Gasteiger charge is -2.14. The number of thiophene rings is 1. The van der Waals surface area contributed by atoms with E-state index >= 15 is 0 Å². The van der Waals surface area contributed by atoms with Crippen molar-refractivity contribution >= 4 is 57.6 Å². The zero-order chi connectivity index (χ0) is 15.4. The van der Waals surface area contributed by atoms with Crippen molar-refractivity contribution in [2.45, 2.75) is 26.2 Å². The number of thiocarbonyl (C=S) groups is 1. The Kier molecular flexibility index (Phi) is 5.55. The summed E-state index contributed by atoms with van der Waals surface area (Å²) in [5.74, 6) is -1.15. The van der Waals surface area contributed by atoms with Crippen LogP contribution in [-0.2, 0) is 9.59 Å². The summed E-state index contributed by atoms with van der Waals surface area (Å²) >= 11 is 8.12. The Labute approximate surface area is 136 Å². The normalized spacial score (nSPS) is 17.0. The number of carbonyl (C=O) groups is 2. The van der Waals surface area contributed by atoms with Gasteiger partial charge in [-0.3, -0.25) is 9.69 Å². The summed E-state index contributed by atoms with van der Waals surface area (Å²) in [5.41, 5.74) is 1.14. The number of thioether (sulfide) groups is 1. The Morgan fingerprint density at radius 2 is 2.24 bits per heavy atom. The summed E-state index contributed by atoms with van der Waals surface area (Å²) in [4.78, 5) is 25.9. The van der Waals surface area contributed by atoms with Crippen LogP contribution in [0.2, 0.25) is 0 Å². The molecule has 112 valence electrons. The standard InChI is InChI=1S/C14H15NO3S3/c1-9-5-7-20-10(9)8-11-13(18)15(14(19)21-11)6-3-2-4-12(16)17/h5,7-8H,2-4,6H2,1H3,(H,16,17)/p-1/b11-8-. The van der Waals surface area contributed by atoms with Crippen molar-refractivity contribution in [3.63, 3.8) is 0 Å². The highest BCUT2D eigenvalue weighted by Gasteiger charge is 2.31. The van der Waals surface area contributed by atoms with E-state index in [1.165, 1.54) is 11.8 Å². The zero-order valence-corrected chi connectivity index (χ0v) is 13.9. The minimum Gasteiger partial charge on any atom is -0.550 e. The predicted molar refractivity (Wildman–Crippen MR) is 87.8 cm³/mol. The van der Waals surface area contributed by atoms with Crippen LogP contribution in [0.4, 0.5) is 0 Å². The Morgan fingerprint density at radius 1 is 1.48 bits per heavy atom. The number of aryl methyl sites for hydroxylation is 1. The van der Waals surface area contributed by atoms with Crippen LogP contribution in [0.1, 0.15) is 29.7 Å². The molecular weight excluding hydrogens is 326 g/mol. The molecule has 4 nitrogen and oxygen atoms in total. The van der Waals surface area contributed by atoms with Crippen molar-refractivity contribution in [1.82, 2.24) is 4.90 Å². The molecule has 0 saturated carbocycles. The van der Waals surface area contributed by atoms with Crippen LogP contribution >= 0.6 is 35.3 Å². The highest BCUT2D eigenvalue weighted by Crippen LogP contribution is 2.34. The van der Waals surface area contributed by atoms with Gasteiger partial charge in [-0.2, -0.15) is 0 Å². The second kappa shape index (κ2) is 7.20. The largest absolute Gasteiger partial charge is 0.550 e. The summed E-state index contributed by atoms with van der Waals surface area (Å²) in [5, 5.41) is 12.3. The number of hydrogen-bond donors (Lipinski definition) is 0. The van der Waals surface area contributed by atoms with E-state index < -0.39 is 5.97 Å². The molecule has 0 atom stereocenters. The van der Waals surface area contributed by atoms with Gasteiger partial charge in [-0.25, -0.2) is 0 Å². The van der Waals surface area contributed by atoms with Crippen LogP contribution in [0.25, 0.3) is 6.08 Å². The van der Waals surface area contributed by atoms with Gasteiger partial charge >= 0.3 is 0 Å². The monoisotopic (exact) mass is 340 g/mol. The van der Waals surface area contributed by atoms with E-state index in [0.717, 1.165) is 10.4 Å². The van der Waals surface area contributed by atoms with Gasteiger partial charge in [-0.1, -0.05) is 24.0 Å². The first-order valence-corrected chi connectivity index (χ1v) is 8.59. The Morgan fingerprint density at radius 3 is 2.86 bits per heavy atom. The molecule has 1 fully saturated rings. The molecule has 1 aromatic heterocycles. The molecule has 1 aromatic rings. The number of carboxylic acids is 1. The third-order valence-corrected chi connectivity index (χ3v) is 5.39. The van der Waals surface area contributed by atoms with E-state index in [9.17, 15) is 14.7 Å². The molecule has 2 rings (SSSR count). The molecule has 1 aliphatic heterocycles. The van der Waals surface area contributed by atoms with Crippen molar-refractivity contribution in [3.8, 4) is 0 Å². The van der Waals surface area contributed by atoms with E-state index in [-0.39, 0.29) is 12.3 Å². The number of unbranched alkanes of at least 4 members (excludes halogenated alkanes) is 1. The number of hydrogen-bond acceptors (Lipinski definition) is 6. The fourth-order valence-electron chi connectivity index (χ4n) is 1.88. The number of carboxylic acid groups (broad SMARTS) is 1. The van der Waals surface area contributed by atoms with Gasteiger partial charge in [0.15, 0.2) is 0 Å². The number of carbonyl (C=O) groups excluding carboxylic acids is 2. The first kappa shape index (κ1) is 16.2. The quantitative estimate of drug-likeness (QED) is 0.451. The first-order chi connectivity index (χ1) is 9.99. The summed E-state index contributed by atoms with van der Waals surface area (Å²) in [7, 11) is 0. The number of aliphatic carboxylic acids is 1. The van der Waals surface area contributed by atoms with Crippen molar-refractivity contribution in [3.05, 3.63) is 26.8 Å². The van der Waals surface area contributed by atoms with Gasteiger partial charge in [0.05, 0.1) is 4.91 Å². The molecule has 1 saturated heterocycles. The molecule has 0 unspecified atom stereocenters. The lowest BCUT2D eigenvalue weighted by Crippen LogP contribution is -2.29. The molecule has 0 radical (unpaired) electrons. The molecule has 21 heavy (non-hydrogen) atoms. The van der Waals surface area contributed by atoms with Crippen LogP contribution in [0, 0.1) is 6.92 Å². The van der Waals surface area contributed by atoms with Crippen molar-refractivity contribution < 1.29 is 14.7 Å². The van der Waals surface area contributed by atoms with Crippen molar-refractivity contribution in [2.75, 3.05) is 6.54 Å². The maximum absolute atomic E-state index is 12.3. The molecule has 2 heterocycles. The van der Waals surface area contributed by atoms with E-state index in [4.69, 9.17) is 12.2 Å². The molecule has 0 N–H and O–H groups in total. The summed E-state index contributed by atoms with van der Waals surface area (Å²) in [6.07, 6.45) is 2.98. The molecule has 0 aliphatic carbocycles. The first-order valence-electron chi connectivity index (χ1n) is 6.48. The van der Waals surface area contributed by atoms with Gasteiger partial charge in [-0.15, -0.1) is 11.3 Å². The van der Waals surface area contributed by atoms with Gasteiger partial charge in [-0.05, 0) is 49.3 Å². The zero-order valence-electron chi connectivity index (χ0n) is 11.5. The Hall–Kier alpha value is -1.18. The SMILES string of the molecule is Cc1ccsc1/C=C1\SC(=S)N(CCCCC(=O)[O-])C1=O. The topological polar surface area (TPSA) is 60.4 Å². The maximum atomic E-state index is 12.3. The molecular formula is C14H14NO3S3-. The molecule has 1 amide bonds. The summed E-state index contributed by atoms with van der Waals surface area (Å²) in [6.45, 7) is 2.46. The van der Waals surface area contributed by atoms with Crippen LogP contribution in [0.5, 0.6) is 0 Å². The lowest BCUT2D eigenvalue weighted by atomic mass is 10.2. The molecule has 0 aromatic carbocycles. The Balaban J connectivity index is 1.98. The second-order valence-corrected chi connectivity index (χ2v) is 7.25. The number of nitrogens with zero attached hydrogens (tertiary/aromatic N) is 1. The molecule has 0 bridgehead atoms. The van der Waals surface area contributed by atoms with Gasteiger partial charge in [0.2, 0.25) is 0 Å². The third-order valence-electron chi connectivity index (χ3n) is 3.05. The smallest absolute Gasteiger partial charge is 0.266 e. The third kappa shape index (κ3) is 4.15. The highest BCUT2D eigenvalue weighted by atomic mass is 32.2. The lowest BCUT2D eigenvalue weighted by molar-refractivity contribution is -0.305.